The van der Waals surface area contributed by atoms with Gasteiger partial charge in [-0.2, -0.15) is 8.42 Å². The minimum absolute atomic E-state index is 0.256. The fourth-order valence-corrected chi connectivity index (χ4v) is 3.29. The van der Waals surface area contributed by atoms with E-state index >= 15 is 0 Å². The molecule has 138 valence electrons. The first-order valence-electron chi connectivity index (χ1n) is 9.16. The van der Waals surface area contributed by atoms with Crippen LogP contribution in [0.2, 0.25) is 0 Å². The van der Waals surface area contributed by atoms with Gasteiger partial charge >= 0.3 is 0 Å². The number of aryl methyl sites for hydroxylation is 1. The molecule has 0 aliphatic rings. The highest BCUT2D eigenvalue weighted by molar-refractivity contribution is 7.85. The Kier molecular flexibility index (Phi) is 10.0. The number of ether oxygens (including phenoxy) is 1. The molecule has 0 aromatic heterocycles. The van der Waals surface area contributed by atoms with Gasteiger partial charge in [0.1, 0.15) is 5.75 Å². The van der Waals surface area contributed by atoms with Crippen molar-refractivity contribution in [1.82, 2.24) is 0 Å². The molecule has 5 heteroatoms. The van der Waals surface area contributed by atoms with E-state index in [1.54, 1.807) is 0 Å². The molecule has 0 heterocycles. The maximum absolute atomic E-state index is 10.8. The Labute approximate surface area is 147 Å². The van der Waals surface area contributed by atoms with Gasteiger partial charge in [0.25, 0.3) is 10.1 Å². The molecule has 0 bridgehead atoms. The Hall–Kier alpha value is -1.07. The average molecular weight is 357 g/mol. The summed E-state index contributed by atoms with van der Waals surface area (Å²) < 4.78 is 36.2. The lowest BCUT2D eigenvalue weighted by Gasteiger charge is -2.16. The van der Waals surface area contributed by atoms with Crippen molar-refractivity contribution in [2.24, 2.45) is 0 Å². The topological polar surface area (TPSA) is 63.6 Å². The summed E-state index contributed by atoms with van der Waals surface area (Å²) in [5.41, 5.74) is 2.63. The summed E-state index contributed by atoms with van der Waals surface area (Å²) in [5.74, 6) is 0.615. The first-order valence-corrected chi connectivity index (χ1v) is 10.8. The first kappa shape index (κ1) is 21.0. The quantitative estimate of drug-likeness (QED) is 0.407. The van der Waals surface area contributed by atoms with Crippen molar-refractivity contribution in [3.05, 3.63) is 29.3 Å². The summed E-state index contributed by atoms with van der Waals surface area (Å²) in [4.78, 5) is 0. The molecule has 0 atom stereocenters. The van der Waals surface area contributed by atoms with Crippen LogP contribution in [0.3, 0.4) is 0 Å². The normalized spacial score (nSPS) is 11.6. The van der Waals surface area contributed by atoms with Crippen LogP contribution in [0.4, 0.5) is 0 Å². The van der Waals surface area contributed by atoms with Gasteiger partial charge < -0.3 is 4.74 Å². The van der Waals surface area contributed by atoms with E-state index in [1.807, 2.05) is 12.1 Å². The zero-order valence-corrected chi connectivity index (χ0v) is 15.9. The van der Waals surface area contributed by atoms with Crippen molar-refractivity contribution in [2.75, 3.05) is 12.4 Å². The van der Waals surface area contributed by atoms with Crippen molar-refractivity contribution in [3.63, 3.8) is 0 Å². The Morgan fingerprint density at radius 1 is 0.958 bits per heavy atom. The summed E-state index contributed by atoms with van der Waals surface area (Å²) >= 11 is 0. The molecule has 0 aliphatic heterocycles. The van der Waals surface area contributed by atoms with Gasteiger partial charge in [-0.25, -0.2) is 0 Å². The monoisotopic (exact) mass is 356 g/mol. The smallest absolute Gasteiger partial charge is 0.264 e. The summed E-state index contributed by atoms with van der Waals surface area (Å²) in [6, 6.07) is 6.17. The molecule has 0 saturated heterocycles. The summed E-state index contributed by atoms with van der Waals surface area (Å²) in [6.07, 6.45) is 9.51. The predicted molar refractivity (Wildman–Crippen MR) is 99.4 cm³/mol. The van der Waals surface area contributed by atoms with Gasteiger partial charge in [0.15, 0.2) is 0 Å². The van der Waals surface area contributed by atoms with E-state index in [1.165, 1.54) is 43.2 Å². The van der Waals surface area contributed by atoms with E-state index in [4.69, 9.17) is 9.29 Å². The van der Waals surface area contributed by atoms with E-state index < -0.39 is 10.1 Å². The predicted octanol–water partition coefficient (Wildman–Crippen LogP) is 4.81. The minimum atomic E-state index is -3.91. The highest BCUT2D eigenvalue weighted by atomic mass is 32.2. The summed E-state index contributed by atoms with van der Waals surface area (Å²) in [6.45, 7) is 4.70. The zero-order chi connectivity index (χ0) is 17.8. The third-order valence-electron chi connectivity index (χ3n) is 4.11. The second kappa shape index (κ2) is 11.5. The van der Waals surface area contributed by atoms with Gasteiger partial charge in [-0.05, 0) is 49.3 Å². The molecular weight excluding hydrogens is 324 g/mol. The Bertz CT molecular complexity index is 567. The van der Waals surface area contributed by atoms with Gasteiger partial charge in [-0.15, -0.1) is 0 Å². The van der Waals surface area contributed by atoms with Crippen LogP contribution in [0.1, 0.15) is 69.9 Å². The molecule has 0 unspecified atom stereocenters. The van der Waals surface area contributed by atoms with E-state index in [0.29, 0.717) is 13.0 Å². The molecule has 1 aromatic carbocycles. The van der Waals surface area contributed by atoms with Gasteiger partial charge in [0, 0.05) is 0 Å². The standard InChI is InChI=1S/C19H32O4S/c1-3-5-7-11-17-12-9-14-19(18(17)13-8-6-4-2)23-15-10-16-24(20,21)22/h9,12,14H,3-8,10-11,13,15-16H2,1-2H3,(H,20,21,22). The van der Waals surface area contributed by atoms with Gasteiger partial charge in [-0.1, -0.05) is 51.7 Å². The van der Waals surface area contributed by atoms with Crippen molar-refractivity contribution in [2.45, 2.75) is 71.6 Å². The number of benzene rings is 1. The molecule has 24 heavy (non-hydrogen) atoms. The molecule has 0 amide bonds. The third-order valence-corrected chi connectivity index (χ3v) is 4.92. The van der Waals surface area contributed by atoms with Crippen LogP contribution < -0.4 is 4.74 Å². The summed E-state index contributed by atoms with van der Waals surface area (Å²) in [7, 11) is -3.91. The van der Waals surface area contributed by atoms with Crippen molar-refractivity contribution >= 4 is 10.1 Å². The summed E-state index contributed by atoms with van der Waals surface area (Å²) in [5, 5.41) is 0. The van der Waals surface area contributed by atoms with Crippen molar-refractivity contribution in [3.8, 4) is 5.75 Å². The van der Waals surface area contributed by atoms with E-state index in [-0.39, 0.29) is 5.75 Å². The van der Waals surface area contributed by atoms with E-state index in [0.717, 1.165) is 25.0 Å². The second-order valence-corrected chi connectivity index (χ2v) is 7.87. The second-order valence-electron chi connectivity index (χ2n) is 6.30. The molecular formula is C19H32O4S. The van der Waals surface area contributed by atoms with Crippen LogP contribution in [0.25, 0.3) is 0 Å². The molecule has 1 rings (SSSR count). The lowest BCUT2D eigenvalue weighted by atomic mass is 9.96. The van der Waals surface area contributed by atoms with Gasteiger partial charge in [-0.3, -0.25) is 4.55 Å². The van der Waals surface area contributed by atoms with E-state index in [2.05, 4.69) is 19.9 Å². The van der Waals surface area contributed by atoms with Crippen molar-refractivity contribution < 1.29 is 17.7 Å². The van der Waals surface area contributed by atoms with Crippen LogP contribution in [-0.4, -0.2) is 25.3 Å². The van der Waals surface area contributed by atoms with Crippen LogP contribution in [-0.2, 0) is 23.0 Å². The zero-order valence-electron chi connectivity index (χ0n) is 15.1. The molecule has 1 aromatic rings. The molecule has 0 radical (unpaired) electrons. The number of rotatable bonds is 13. The van der Waals surface area contributed by atoms with Crippen LogP contribution in [0.15, 0.2) is 18.2 Å². The highest BCUT2D eigenvalue weighted by Crippen LogP contribution is 2.26. The average Bonchev–Trinajstić information content (AvgIpc) is 2.53. The molecule has 0 fully saturated rings. The maximum atomic E-state index is 10.8. The first-order chi connectivity index (χ1) is 11.5. The molecule has 0 spiro atoms. The van der Waals surface area contributed by atoms with Gasteiger partial charge in [0.2, 0.25) is 0 Å². The SMILES string of the molecule is CCCCCc1cccc(OCCCS(=O)(=O)O)c1CCCCC. The van der Waals surface area contributed by atoms with Crippen molar-refractivity contribution in [1.29, 1.82) is 0 Å². The third kappa shape index (κ3) is 8.69. The van der Waals surface area contributed by atoms with Crippen LogP contribution >= 0.6 is 0 Å². The fourth-order valence-electron chi connectivity index (χ4n) is 2.80. The molecule has 0 aliphatic carbocycles. The lowest BCUT2D eigenvalue weighted by molar-refractivity contribution is 0.312. The maximum Gasteiger partial charge on any atom is 0.264 e. The minimum Gasteiger partial charge on any atom is -0.493 e. The van der Waals surface area contributed by atoms with Crippen LogP contribution in [0.5, 0.6) is 5.75 Å². The highest BCUT2D eigenvalue weighted by Gasteiger charge is 2.10. The molecule has 1 N–H and O–H groups in total. The molecule has 4 nitrogen and oxygen atoms in total. The fraction of sp³-hybridized carbons (Fsp3) is 0.684. The number of hydrogen-bond donors (Lipinski definition) is 1. The molecule has 0 saturated carbocycles. The Morgan fingerprint density at radius 3 is 2.25 bits per heavy atom. The Balaban J connectivity index is 2.73. The Morgan fingerprint density at radius 2 is 1.62 bits per heavy atom. The van der Waals surface area contributed by atoms with Crippen LogP contribution in [0, 0.1) is 0 Å². The largest absolute Gasteiger partial charge is 0.493 e. The lowest BCUT2D eigenvalue weighted by Crippen LogP contribution is -2.10. The number of unbranched alkanes of at least 4 members (excludes halogenated alkanes) is 4. The number of hydrogen-bond acceptors (Lipinski definition) is 3. The van der Waals surface area contributed by atoms with Gasteiger partial charge in [0.05, 0.1) is 12.4 Å². The van der Waals surface area contributed by atoms with E-state index in [9.17, 15) is 8.42 Å².